The standard InChI is InChI=1S/C15H18ClNOS/c1-3-17-15(14-8-5-9-19-14)11(2)18-13-7-4-6-12(16)10-13/h4-11,15,17H,3H2,1-2H3. The van der Waals surface area contributed by atoms with Gasteiger partial charge in [0.2, 0.25) is 0 Å². The maximum atomic E-state index is 5.99. The fourth-order valence-corrected chi connectivity index (χ4v) is 3.08. The molecule has 19 heavy (non-hydrogen) atoms. The molecule has 0 spiro atoms. The number of hydrogen-bond acceptors (Lipinski definition) is 3. The SMILES string of the molecule is CCNC(c1cccs1)C(C)Oc1cccc(Cl)c1. The summed E-state index contributed by atoms with van der Waals surface area (Å²) in [7, 11) is 0. The largest absolute Gasteiger partial charge is 0.489 e. The molecule has 0 saturated carbocycles. The van der Waals surface area contributed by atoms with Crippen LogP contribution in [0.3, 0.4) is 0 Å². The highest BCUT2D eigenvalue weighted by Crippen LogP contribution is 2.26. The van der Waals surface area contributed by atoms with Crippen LogP contribution in [0.25, 0.3) is 0 Å². The van der Waals surface area contributed by atoms with Crippen LogP contribution in [0.15, 0.2) is 41.8 Å². The van der Waals surface area contributed by atoms with E-state index in [1.54, 1.807) is 11.3 Å². The van der Waals surface area contributed by atoms with Crippen molar-refractivity contribution in [2.75, 3.05) is 6.54 Å². The lowest BCUT2D eigenvalue weighted by molar-refractivity contribution is 0.173. The Morgan fingerprint density at radius 3 is 2.79 bits per heavy atom. The van der Waals surface area contributed by atoms with Gasteiger partial charge < -0.3 is 10.1 Å². The molecule has 0 aliphatic heterocycles. The Labute approximate surface area is 123 Å². The molecule has 4 heteroatoms. The third kappa shape index (κ3) is 3.96. The Morgan fingerprint density at radius 2 is 2.16 bits per heavy atom. The number of nitrogens with one attached hydrogen (secondary N) is 1. The van der Waals surface area contributed by atoms with Gasteiger partial charge in [-0.05, 0) is 43.1 Å². The van der Waals surface area contributed by atoms with Gasteiger partial charge in [0, 0.05) is 9.90 Å². The summed E-state index contributed by atoms with van der Waals surface area (Å²) in [4.78, 5) is 1.29. The van der Waals surface area contributed by atoms with E-state index in [0.29, 0.717) is 5.02 Å². The van der Waals surface area contributed by atoms with E-state index >= 15 is 0 Å². The minimum absolute atomic E-state index is 0.0390. The Kier molecular flexibility index (Phi) is 5.25. The van der Waals surface area contributed by atoms with Crippen molar-refractivity contribution < 1.29 is 4.74 Å². The number of benzene rings is 1. The van der Waals surface area contributed by atoms with E-state index < -0.39 is 0 Å². The number of thiophene rings is 1. The molecule has 0 aliphatic carbocycles. The Morgan fingerprint density at radius 1 is 1.32 bits per heavy atom. The molecule has 0 saturated heterocycles. The van der Waals surface area contributed by atoms with Crippen LogP contribution in [-0.4, -0.2) is 12.6 Å². The smallest absolute Gasteiger partial charge is 0.121 e. The zero-order valence-corrected chi connectivity index (χ0v) is 12.7. The first-order chi connectivity index (χ1) is 9.20. The van der Waals surface area contributed by atoms with Crippen molar-refractivity contribution in [3.8, 4) is 5.75 Å². The summed E-state index contributed by atoms with van der Waals surface area (Å²) < 4.78 is 5.99. The molecule has 102 valence electrons. The van der Waals surface area contributed by atoms with Crippen LogP contribution in [-0.2, 0) is 0 Å². The summed E-state index contributed by atoms with van der Waals surface area (Å²) in [6, 6.07) is 11.9. The number of likely N-dealkylation sites (N-methyl/N-ethyl adjacent to an activating group) is 1. The van der Waals surface area contributed by atoms with E-state index in [1.165, 1.54) is 4.88 Å². The third-order valence-electron chi connectivity index (χ3n) is 2.86. The van der Waals surface area contributed by atoms with E-state index in [9.17, 15) is 0 Å². The Hall–Kier alpha value is -1.03. The number of halogens is 1. The average molecular weight is 296 g/mol. The Balaban J connectivity index is 2.09. The minimum atomic E-state index is 0.0390. The van der Waals surface area contributed by atoms with Gasteiger partial charge in [-0.3, -0.25) is 0 Å². The van der Waals surface area contributed by atoms with Crippen molar-refractivity contribution in [3.05, 3.63) is 51.7 Å². The topological polar surface area (TPSA) is 21.3 Å². The van der Waals surface area contributed by atoms with Crippen molar-refractivity contribution in [2.24, 2.45) is 0 Å². The zero-order valence-electron chi connectivity index (χ0n) is 11.1. The fraction of sp³-hybridized carbons (Fsp3) is 0.333. The molecule has 1 heterocycles. The van der Waals surface area contributed by atoms with Gasteiger partial charge in [-0.25, -0.2) is 0 Å². The van der Waals surface area contributed by atoms with Crippen molar-refractivity contribution in [2.45, 2.75) is 26.0 Å². The van der Waals surface area contributed by atoms with Crippen molar-refractivity contribution >= 4 is 22.9 Å². The fourth-order valence-electron chi connectivity index (χ4n) is 2.01. The summed E-state index contributed by atoms with van der Waals surface area (Å²) in [5.41, 5.74) is 0. The van der Waals surface area contributed by atoms with Crippen molar-refractivity contribution in [1.29, 1.82) is 0 Å². The van der Waals surface area contributed by atoms with E-state index in [1.807, 2.05) is 24.3 Å². The quantitative estimate of drug-likeness (QED) is 0.846. The lowest BCUT2D eigenvalue weighted by atomic mass is 10.1. The highest BCUT2D eigenvalue weighted by Gasteiger charge is 2.20. The zero-order chi connectivity index (χ0) is 13.7. The molecular weight excluding hydrogens is 278 g/mol. The molecule has 0 fully saturated rings. The number of rotatable bonds is 6. The summed E-state index contributed by atoms with van der Waals surface area (Å²) in [6.45, 7) is 5.09. The van der Waals surface area contributed by atoms with Gasteiger partial charge in [0.05, 0.1) is 6.04 Å². The van der Waals surface area contributed by atoms with Crippen LogP contribution < -0.4 is 10.1 Å². The number of ether oxygens (including phenoxy) is 1. The normalized spacial score (nSPS) is 14.1. The van der Waals surface area contributed by atoms with Gasteiger partial charge in [0.1, 0.15) is 11.9 Å². The molecule has 1 aromatic carbocycles. The first-order valence-electron chi connectivity index (χ1n) is 6.39. The van der Waals surface area contributed by atoms with Crippen LogP contribution in [0.2, 0.25) is 5.02 Å². The van der Waals surface area contributed by atoms with E-state index in [2.05, 4.69) is 36.7 Å². The summed E-state index contributed by atoms with van der Waals surface area (Å²) in [5, 5.41) is 6.26. The minimum Gasteiger partial charge on any atom is -0.489 e. The molecule has 0 aliphatic rings. The second-order valence-electron chi connectivity index (χ2n) is 4.33. The van der Waals surface area contributed by atoms with Crippen molar-refractivity contribution in [3.63, 3.8) is 0 Å². The number of hydrogen-bond donors (Lipinski definition) is 1. The summed E-state index contributed by atoms with van der Waals surface area (Å²) >= 11 is 7.72. The van der Waals surface area contributed by atoms with Gasteiger partial charge >= 0.3 is 0 Å². The molecule has 2 rings (SSSR count). The van der Waals surface area contributed by atoms with Crippen LogP contribution in [0.5, 0.6) is 5.75 Å². The van der Waals surface area contributed by atoms with E-state index in [0.717, 1.165) is 12.3 Å². The van der Waals surface area contributed by atoms with Crippen LogP contribution in [0, 0.1) is 0 Å². The molecule has 2 unspecified atom stereocenters. The molecule has 1 aromatic heterocycles. The summed E-state index contributed by atoms with van der Waals surface area (Å²) in [5.74, 6) is 0.805. The molecule has 2 aromatic rings. The molecule has 2 nitrogen and oxygen atoms in total. The molecule has 0 radical (unpaired) electrons. The highest BCUT2D eigenvalue weighted by atomic mass is 35.5. The van der Waals surface area contributed by atoms with Crippen molar-refractivity contribution in [1.82, 2.24) is 5.32 Å². The second-order valence-corrected chi connectivity index (χ2v) is 5.75. The maximum absolute atomic E-state index is 5.99. The molecule has 1 N–H and O–H groups in total. The molecule has 2 atom stereocenters. The van der Waals surface area contributed by atoms with Gasteiger partial charge in [-0.15, -0.1) is 11.3 Å². The Bertz CT molecular complexity index is 501. The van der Waals surface area contributed by atoms with Gasteiger partial charge in [-0.2, -0.15) is 0 Å². The molecular formula is C15H18ClNOS. The average Bonchev–Trinajstić information content (AvgIpc) is 2.89. The first-order valence-corrected chi connectivity index (χ1v) is 7.65. The highest BCUT2D eigenvalue weighted by molar-refractivity contribution is 7.10. The van der Waals surface area contributed by atoms with E-state index in [-0.39, 0.29) is 12.1 Å². The molecule has 0 bridgehead atoms. The lowest BCUT2D eigenvalue weighted by Gasteiger charge is -2.25. The summed E-state index contributed by atoms with van der Waals surface area (Å²) in [6.07, 6.45) is 0.0390. The third-order valence-corrected chi connectivity index (χ3v) is 4.05. The first kappa shape index (κ1) is 14.4. The van der Waals surface area contributed by atoms with Crippen LogP contribution in [0.1, 0.15) is 24.8 Å². The van der Waals surface area contributed by atoms with Crippen LogP contribution in [0.4, 0.5) is 0 Å². The monoisotopic (exact) mass is 295 g/mol. The predicted octanol–water partition coefficient (Wildman–Crippen LogP) is 4.52. The van der Waals surface area contributed by atoms with E-state index in [4.69, 9.17) is 16.3 Å². The molecule has 0 amide bonds. The lowest BCUT2D eigenvalue weighted by Crippen LogP contribution is -2.33. The van der Waals surface area contributed by atoms with Gasteiger partial charge in [0.25, 0.3) is 0 Å². The maximum Gasteiger partial charge on any atom is 0.121 e. The second kappa shape index (κ2) is 6.94. The predicted molar refractivity (Wildman–Crippen MR) is 82.3 cm³/mol. The van der Waals surface area contributed by atoms with Gasteiger partial charge in [-0.1, -0.05) is 30.7 Å². The van der Waals surface area contributed by atoms with Crippen LogP contribution >= 0.6 is 22.9 Å². The van der Waals surface area contributed by atoms with Gasteiger partial charge in [0.15, 0.2) is 0 Å².